The molecule has 5 atom stereocenters. The summed E-state index contributed by atoms with van der Waals surface area (Å²) in [5.74, 6) is 0.826. The average Bonchev–Trinajstić information content (AvgIpc) is 2.56. The van der Waals surface area contributed by atoms with E-state index in [-0.39, 0.29) is 24.2 Å². The van der Waals surface area contributed by atoms with E-state index in [0.29, 0.717) is 12.1 Å². The maximum atomic E-state index is 12.4. The summed E-state index contributed by atoms with van der Waals surface area (Å²) in [6, 6.07) is 11.1. The Hall–Kier alpha value is -1.75. The first kappa shape index (κ1) is 18.1. The number of urea groups is 1. The summed E-state index contributed by atoms with van der Waals surface area (Å²) < 4.78 is 5.89. The van der Waals surface area contributed by atoms with Crippen LogP contribution in [0.25, 0.3) is 0 Å². The van der Waals surface area contributed by atoms with Crippen LogP contribution in [0, 0.1) is 0 Å². The van der Waals surface area contributed by atoms with Crippen LogP contribution in [0.5, 0.6) is 5.75 Å². The predicted molar refractivity (Wildman–Crippen MR) is 99.9 cm³/mol. The van der Waals surface area contributed by atoms with E-state index in [2.05, 4.69) is 22.6 Å². The van der Waals surface area contributed by atoms with Crippen LogP contribution in [-0.2, 0) is 0 Å². The van der Waals surface area contributed by atoms with Gasteiger partial charge in [0, 0.05) is 18.1 Å². The highest BCUT2D eigenvalue weighted by atomic mass is 16.5. The number of hydrogen-bond acceptors (Lipinski definition) is 3. The average molecular weight is 345 g/mol. The molecule has 2 amide bonds. The van der Waals surface area contributed by atoms with Crippen molar-refractivity contribution in [2.24, 2.45) is 0 Å². The van der Waals surface area contributed by atoms with Crippen molar-refractivity contribution in [3.05, 3.63) is 30.3 Å². The van der Waals surface area contributed by atoms with E-state index in [0.717, 1.165) is 18.6 Å². The molecule has 2 bridgehead atoms. The Balaban J connectivity index is 1.45. The molecule has 2 aliphatic heterocycles. The summed E-state index contributed by atoms with van der Waals surface area (Å²) in [6.45, 7) is 3.97. The molecule has 0 radical (unpaired) electrons. The fourth-order valence-electron chi connectivity index (χ4n) is 4.10. The van der Waals surface area contributed by atoms with Crippen molar-refractivity contribution < 1.29 is 9.53 Å². The first-order valence-electron chi connectivity index (χ1n) is 9.53. The molecule has 2 N–H and O–H groups in total. The predicted octanol–water partition coefficient (Wildman–Crippen LogP) is 3.16. The summed E-state index contributed by atoms with van der Waals surface area (Å²) >= 11 is 0. The fraction of sp³-hybridized carbons (Fsp3) is 0.650. The number of carbonyl (C=O) groups is 1. The third kappa shape index (κ3) is 4.66. The van der Waals surface area contributed by atoms with E-state index in [1.165, 1.54) is 19.3 Å². The van der Waals surface area contributed by atoms with E-state index in [9.17, 15) is 4.79 Å². The number of fused-ring (bicyclic) bond motifs is 2. The van der Waals surface area contributed by atoms with Gasteiger partial charge in [0.05, 0.1) is 6.04 Å². The minimum atomic E-state index is -0.0926. The Morgan fingerprint density at radius 1 is 1.16 bits per heavy atom. The molecule has 5 nitrogen and oxygen atoms in total. The number of carbonyl (C=O) groups excluding carboxylic acids is 1. The van der Waals surface area contributed by atoms with Gasteiger partial charge < -0.3 is 20.3 Å². The molecular weight excluding hydrogens is 314 g/mol. The Bertz CT molecular complexity index is 551. The Labute approximate surface area is 151 Å². The Morgan fingerprint density at radius 3 is 2.44 bits per heavy atom. The summed E-state index contributed by atoms with van der Waals surface area (Å²) in [6.07, 6.45) is 5.86. The largest absolute Gasteiger partial charge is 0.489 e. The number of nitrogens with one attached hydrogen (secondary N) is 2. The normalized spacial score (nSPS) is 28.7. The molecule has 1 aromatic rings. The number of rotatable bonds is 5. The van der Waals surface area contributed by atoms with Crippen LogP contribution >= 0.6 is 0 Å². The second-order valence-electron chi connectivity index (χ2n) is 7.61. The molecule has 2 fully saturated rings. The van der Waals surface area contributed by atoms with Crippen molar-refractivity contribution in [3.8, 4) is 5.75 Å². The van der Waals surface area contributed by atoms with Crippen molar-refractivity contribution in [3.63, 3.8) is 0 Å². The van der Waals surface area contributed by atoms with Crippen LogP contribution in [0.1, 0.15) is 46.0 Å². The highest BCUT2D eigenvalue weighted by Crippen LogP contribution is 2.32. The number of benzene rings is 1. The Morgan fingerprint density at radius 2 is 1.80 bits per heavy atom. The zero-order chi connectivity index (χ0) is 17.8. The zero-order valence-corrected chi connectivity index (χ0v) is 15.6. The van der Waals surface area contributed by atoms with Gasteiger partial charge in [0.2, 0.25) is 0 Å². The number of hydrogen-bond donors (Lipinski definition) is 2. The first-order valence-corrected chi connectivity index (χ1v) is 9.53. The second-order valence-corrected chi connectivity index (χ2v) is 7.61. The maximum Gasteiger partial charge on any atom is 0.315 e. The van der Waals surface area contributed by atoms with Crippen LogP contribution < -0.4 is 15.4 Å². The first-order chi connectivity index (χ1) is 12.0. The standard InChI is InChI=1S/C20H31N3O2/c1-14(15(2)25-19-10-5-4-6-11-19)21-20(24)22-16-12-17-8-7-9-18(13-16)23(17)3/h4-6,10-11,14-18H,7-9,12-13H2,1-3H3,(H2,21,22,24)/t14-,15+,16?,17-,18+/m0/s1. The zero-order valence-electron chi connectivity index (χ0n) is 15.6. The molecule has 138 valence electrons. The number of piperidine rings is 2. The molecule has 0 aromatic heterocycles. The lowest BCUT2D eigenvalue weighted by atomic mass is 9.82. The molecular formula is C20H31N3O2. The highest BCUT2D eigenvalue weighted by Gasteiger charge is 2.36. The number of amides is 2. The third-order valence-corrected chi connectivity index (χ3v) is 5.80. The molecule has 2 aliphatic rings. The summed E-state index contributed by atoms with van der Waals surface area (Å²) in [5.41, 5.74) is 0. The van der Waals surface area contributed by atoms with Crippen molar-refractivity contribution in [2.45, 2.75) is 76.2 Å². The Kier molecular flexibility index (Phi) is 5.84. The smallest absolute Gasteiger partial charge is 0.315 e. The van der Waals surface area contributed by atoms with Crippen LogP contribution in [0.2, 0.25) is 0 Å². The van der Waals surface area contributed by atoms with Gasteiger partial charge in [0.1, 0.15) is 11.9 Å². The van der Waals surface area contributed by atoms with Crippen LogP contribution in [0.15, 0.2) is 30.3 Å². The van der Waals surface area contributed by atoms with E-state index in [4.69, 9.17) is 4.74 Å². The quantitative estimate of drug-likeness (QED) is 0.862. The maximum absolute atomic E-state index is 12.4. The van der Waals surface area contributed by atoms with Crippen molar-refractivity contribution in [2.75, 3.05) is 7.05 Å². The molecule has 2 saturated heterocycles. The minimum absolute atomic E-state index is 0.0639. The molecule has 2 heterocycles. The third-order valence-electron chi connectivity index (χ3n) is 5.80. The van der Waals surface area contributed by atoms with Crippen molar-refractivity contribution in [1.82, 2.24) is 15.5 Å². The molecule has 1 aromatic carbocycles. The molecule has 5 heteroatoms. The van der Waals surface area contributed by atoms with Gasteiger partial charge in [-0.1, -0.05) is 24.6 Å². The monoisotopic (exact) mass is 345 g/mol. The summed E-state index contributed by atoms with van der Waals surface area (Å²) in [4.78, 5) is 14.9. The second kappa shape index (κ2) is 8.09. The van der Waals surface area contributed by atoms with Crippen LogP contribution in [0.4, 0.5) is 4.79 Å². The lowest BCUT2D eigenvalue weighted by Crippen LogP contribution is -2.57. The lowest BCUT2D eigenvalue weighted by molar-refractivity contribution is 0.0506. The van der Waals surface area contributed by atoms with E-state index in [1.807, 2.05) is 44.2 Å². The molecule has 0 spiro atoms. The van der Waals surface area contributed by atoms with Crippen molar-refractivity contribution >= 4 is 6.03 Å². The summed E-state index contributed by atoms with van der Waals surface area (Å²) in [5, 5.41) is 6.22. The van der Waals surface area contributed by atoms with E-state index >= 15 is 0 Å². The van der Waals surface area contributed by atoms with E-state index in [1.54, 1.807) is 0 Å². The summed E-state index contributed by atoms with van der Waals surface area (Å²) in [7, 11) is 2.23. The van der Waals surface area contributed by atoms with E-state index < -0.39 is 0 Å². The lowest BCUT2D eigenvalue weighted by Gasteiger charge is -2.47. The van der Waals surface area contributed by atoms with Gasteiger partial charge in [0.25, 0.3) is 0 Å². The van der Waals surface area contributed by atoms with Crippen LogP contribution in [-0.4, -0.2) is 48.3 Å². The highest BCUT2D eigenvalue weighted by molar-refractivity contribution is 5.74. The molecule has 3 rings (SSSR count). The van der Waals surface area contributed by atoms with Gasteiger partial charge in [-0.25, -0.2) is 4.79 Å². The van der Waals surface area contributed by atoms with Gasteiger partial charge in [-0.15, -0.1) is 0 Å². The van der Waals surface area contributed by atoms with Crippen molar-refractivity contribution in [1.29, 1.82) is 0 Å². The number of ether oxygens (including phenoxy) is 1. The fourth-order valence-corrected chi connectivity index (χ4v) is 4.10. The molecule has 1 unspecified atom stereocenters. The van der Waals surface area contributed by atoms with Crippen LogP contribution in [0.3, 0.4) is 0 Å². The SMILES string of the molecule is C[C@H](NC(=O)NC1C[C@H]2CCC[C@@H](C1)N2C)[C@@H](C)Oc1ccccc1. The van der Waals surface area contributed by atoms with Gasteiger partial charge >= 0.3 is 6.03 Å². The van der Waals surface area contributed by atoms with Gasteiger partial charge in [-0.3, -0.25) is 0 Å². The van der Waals surface area contributed by atoms with Gasteiger partial charge in [-0.05, 0) is 58.7 Å². The topological polar surface area (TPSA) is 53.6 Å². The number of nitrogens with zero attached hydrogens (tertiary/aromatic N) is 1. The van der Waals surface area contributed by atoms with Gasteiger partial charge in [-0.2, -0.15) is 0 Å². The molecule has 0 saturated carbocycles. The molecule has 0 aliphatic carbocycles. The number of para-hydroxylation sites is 1. The minimum Gasteiger partial charge on any atom is -0.489 e. The van der Waals surface area contributed by atoms with Gasteiger partial charge in [0.15, 0.2) is 0 Å². The molecule has 25 heavy (non-hydrogen) atoms.